The number of likely N-dealkylation sites (tertiary alicyclic amines) is 1. The van der Waals surface area contributed by atoms with Gasteiger partial charge in [0.1, 0.15) is 5.60 Å². The van der Waals surface area contributed by atoms with Crippen molar-refractivity contribution in [3.05, 3.63) is 0 Å². The predicted octanol–water partition coefficient (Wildman–Crippen LogP) is 2.86. The van der Waals surface area contributed by atoms with E-state index in [1.807, 2.05) is 0 Å². The molecule has 1 atom stereocenters. The molecule has 0 bridgehead atoms. The number of nitrogens with one attached hydrogen (secondary N) is 1. The van der Waals surface area contributed by atoms with Crippen molar-refractivity contribution in [2.24, 2.45) is 0 Å². The number of carbonyl (C=O) groups is 1. The number of ether oxygens (including phenoxy) is 1. The molecule has 0 aromatic carbocycles. The normalized spacial score (nSPS) is 20.5. The van der Waals surface area contributed by atoms with E-state index in [0.717, 1.165) is 12.8 Å². The molecule has 1 heterocycles. The zero-order valence-corrected chi connectivity index (χ0v) is 12.6. The Morgan fingerprint density at radius 2 is 1.95 bits per heavy atom. The van der Waals surface area contributed by atoms with Crippen LogP contribution in [0.1, 0.15) is 40.0 Å². The van der Waals surface area contributed by atoms with Gasteiger partial charge < -0.3 is 9.64 Å². The lowest BCUT2D eigenvalue weighted by Gasteiger charge is -2.36. The molecule has 0 aromatic heterocycles. The number of amides is 1. The van der Waals surface area contributed by atoms with Crippen molar-refractivity contribution >= 4 is 6.09 Å². The summed E-state index contributed by atoms with van der Waals surface area (Å²) in [6.45, 7) is 4.65. The topological polar surface area (TPSA) is 50.8 Å². The quantitative estimate of drug-likeness (QED) is 0.640. The van der Waals surface area contributed by atoms with Crippen molar-refractivity contribution in [1.82, 2.24) is 10.4 Å². The fourth-order valence-corrected chi connectivity index (χ4v) is 2.06. The zero-order chi connectivity index (χ0) is 16.1. The van der Waals surface area contributed by atoms with E-state index in [-0.39, 0.29) is 12.6 Å². The van der Waals surface area contributed by atoms with E-state index in [2.05, 4.69) is 10.3 Å². The summed E-state index contributed by atoms with van der Waals surface area (Å²) >= 11 is 0. The van der Waals surface area contributed by atoms with Crippen LogP contribution in [-0.2, 0) is 9.57 Å². The molecule has 0 aromatic rings. The van der Waals surface area contributed by atoms with Gasteiger partial charge in [0.2, 0.25) is 0 Å². The van der Waals surface area contributed by atoms with Crippen LogP contribution in [0.25, 0.3) is 0 Å². The Kier molecular flexibility index (Phi) is 6.27. The van der Waals surface area contributed by atoms with Crippen LogP contribution in [0, 0.1) is 0 Å². The molecular formula is C13H23F3N2O3. The van der Waals surface area contributed by atoms with Gasteiger partial charge in [-0.1, -0.05) is 0 Å². The molecule has 21 heavy (non-hydrogen) atoms. The lowest BCUT2D eigenvalue weighted by atomic mass is 10.0. The molecule has 1 aliphatic heterocycles. The fraction of sp³-hybridized carbons (Fsp3) is 0.923. The summed E-state index contributed by atoms with van der Waals surface area (Å²) in [6, 6.07) is -0.221. The molecular weight excluding hydrogens is 289 g/mol. The molecule has 1 saturated heterocycles. The highest BCUT2D eigenvalue weighted by molar-refractivity contribution is 5.68. The summed E-state index contributed by atoms with van der Waals surface area (Å²) in [5.41, 5.74) is 1.69. The summed E-state index contributed by atoms with van der Waals surface area (Å²) in [5, 5.41) is 0. The minimum absolute atomic E-state index is 0.148. The van der Waals surface area contributed by atoms with Gasteiger partial charge in [0, 0.05) is 19.1 Å². The third-order valence-corrected chi connectivity index (χ3v) is 2.91. The SMILES string of the molecule is CC(C)(C)OC(=O)N1CCCCC1CNOCC(F)(F)F. The predicted molar refractivity (Wildman–Crippen MR) is 70.6 cm³/mol. The van der Waals surface area contributed by atoms with Gasteiger partial charge in [0.05, 0.1) is 0 Å². The van der Waals surface area contributed by atoms with Crippen molar-refractivity contribution in [1.29, 1.82) is 0 Å². The second-order valence-electron chi connectivity index (χ2n) is 6.08. The van der Waals surface area contributed by atoms with Gasteiger partial charge in [0.15, 0.2) is 6.61 Å². The van der Waals surface area contributed by atoms with Crippen molar-refractivity contribution in [2.75, 3.05) is 19.7 Å². The van der Waals surface area contributed by atoms with E-state index < -0.39 is 24.5 Å². The maximum absolute atomic E-state index is 12.1. The Labute approximate surface area is 122 Å². The van der Waals surface area contributed by atoms with Gasteiger partial charge in [-0.25, -0.2) is 10.3 Å². The average molecular weight is 312 g/mol. The van der Waals surface area contributed by atoms with Crippen molar-refractivity contribution in [2.45, 2.75) is 57.9 Å². The molecule has 0 saturated carbocycles. The van der Waals surface area contributed by atoms with Crippen molar-refractivity contribution < 1.29 is 27.5 Å². The van der Waals surface area contributed by atoms with E-state index in [4.69, 9.17) is 4.74 Å². The first-order valence-corrected chi connectivity index (χ1v) is 6.99. The molecule has 0 radical (unpaired) electrons. The van der Waals surface area contributed by atoms with Crippen LogP contribution in [0.4, 0.5) is 18.0 Å². The summed E-state index contributed by atoms with van der Waals surface area (Å²) in [5.74, 6) is 0. The molecule has 1 unspecified atom stereocenters. The van der Waals surface area contributed by atoms with E-state index in [9.17, 15) is 18.0 Å². The van der Waals surface area contributed by atoms with Crippen LogP contribution >= 0.6 is 0 Å². The number of carbonyl (C=O) groups excluding carboxylic acids is 1. The van der Waals surface area contributed by atoms with Crippen molar-refractivity contribution in [3.8, 4) is 0 Å². The fourth-order valence-electron chi connectivity index (χ4n) is 2.06. The second kappa shape index (κ2) is 7.31. The third kappa shape index (κ3) is 7.52. The first-order valence-electron chi connectivity index (χ1n) is 6.99. The van der Waals surface area contributed by atoms with Gasteiger partial charge in [-0.05, 0) is 40.0 Å². The largest absolute Gasteiger partial charge is 0.444 e. The Hall–Kier alpha value is -1.02. The highest BCUT2D eigenvalue weighted by Gasteiger charge is 2.31. The van der Waals surface area contributed by atoms with Gasteiger partial charge >= 0.3 is 12.3 Å². The summed E-state index contributed by atoms with van der Waals surface area (Å²) < 4.78 is 41.2. The molecule has 124 valence electrons. The first kappa shape index (κ1) is 18.0. The Balaban J connectivity index is 2.44. The smallest absolute Gasteiger partial charge is 0.413 e. The number of hydrogen-bond acceptors (Lipinski definition) is 4. The monoisotopic (exact) mass is 312 g/mol. The Morgan fingerprint density at radius 3 is 2.52 bits per heavy atom. The van der Waals surface area contributed by atoms with Crippen LogP contribution in [0.15, 0.2) is 0 Å². The van der Waals surface area contributed by atoms with Crippen LogP contribution in [-0.4, -0.2) is 48.5 Å². The van der Waals surface area contributed by atoms with Gasteiger partial charge in [0.25, 0.3) is 0 Å². The molecule has 1 N–H and O–H groups in total. The van der Waals surface area contributed by atoms with E-state index >= 15 is 0 Å². The first-order chi connectivity index (χ1) is 9.58. The van der Waals surface area contributed by atoms with Crippen molar-refractivity contribution in [3.63, 3.8) is 0 Å². The second-order valence-corrected chi connectivity index (χ2v) is 6.08. The molecule has 1 amide bonds. The minimum Gasteiger partial charge on any atom is -0.444 e. The molecule has 1 fully saturated rings. The number of alkyl halides is 3. The zero-order valence-electron chi connectivity index (χ0n) is 12.6. The number of nitrogens with zero attached hydrogens (tertiary/aromatic N) is 1. The molecule has 0 spiro atoms. The van der Waals surface area contributed by atoms with E-state index in [0.29, 0.717) is 13.0 Å². The number of halogens is 3. The van der Waals surface area contributed by atoms with Crippen LogP contribution < -0.4 is 5.48 Å². The summed E-state index contributed by atoms with van der Waals surface area (Å²) in [4.78, 5) is 18.0. The molecule has 0 aliphatic carbocycles. The van der Waals surface area contributed by atoms with Gasteiger partial charge in [-0.15, -0.1) is 0 Å². The lowest BCUT2D eigenvalue weighted by molar-refractivity contribution is -0.190. The number of piperidine rings is 1. The average Bonchev–Trinajstić information content (AvgIpc) is 2.32. The lowest BCUT2D eigenvalue weighted by Crippen LogP contribution is -2.50. The maximum atomic E-state index is 12.1. The molecule has 8 heteroatoms. The van der Waals surface area contributed by atoms with E-state index in [1.165, 1.54) is 0 Å². The van der Waals surface area contributed by atoms with Gasteiger partial charge in [-0.3, -0.25) is 4.84 Å². The van der Waals surface area contributed by atoms with Gasteiger partial charge in [-0.2, -0.15) is 13.2 Å². The Bertz CT molecular complexity index is 343. The number of hydroxylamine groups is 1. The summed E-state index contributed by atoms with van der Waals surface area (Å²) in [6.07, 6.45) is -2.32. The maximum Gasteiger partial charge on any atom is 0.413 e. The Morgan fingerprint density at radius 1 is 1.29 bits per heavy atom. The molecule has 1 aliphatic rings. The van der Waals surface area contributed by atoms with Crippen LogP contribution in [0.5, 0.6) is 0 Å². The molecule has 5 nitrogen and oxygen atoms in total. The standard InChI is InChI=1S/C13H23F3N2O3/c1-12(2,3)21-11(19)18-7-5-4-6-10(18)8-17-20-9-13(14,15)16/h10,17H,4-9H2,1-3H3. The van der Waals surface area contributed by atoms with Crippen LogP contribution in [0.2, 0.25) is 0 Å². The highest BCUT2D eigenvalue weighted by Crippen LogP contribution is 2.20. The van der Waals surface area contributed by atoms with Crippen LogP contribution in [0.3, 0.4) is 0 Å². The highest BCUT2D eigenvalue weighted by atomic mass is 19.4. The molecule has 1 rings (SSSR count). The summed E-state index contributed by atoms with van der Waals surface area (Å²) in [7, 11) is 0. The third-order valence-electron chi connectivity index (χ3n) is 2.91. The number of rotatable bonds is 4. The number of hydrogen-bond donors (Lipinski definition) is 1. The minimum atomic E-state index is -4.37. The van der Waals surface area contributed by atoms with E-state index in [1.54, 1.807) is 25.7 Å².